The van der Waals surface area contributed by atoms with Gasteiger partial charge in [-0.05, 0) is 25.5 Å². The number of aldehydes is 1. The zero-order chi connectivity index (χ0) is 12.1. The van der Waals surface area contributed by atoms with Crippen molar-refractivity contribution < 1.29 is 14.4 Å². The largest absolute Gasteiger partial charge is 0.298 e. The molecule has 0 aliphatic heterocycles. The second-order valence-corrected chi connectivity index (χ2v) is 3.45. The van der Waals surface area contributed by atoms with Gasteiger partial charge in [0.1, 0.15) is 6.29 Å². The summed E-state index contributed by atoms with van der Waals surface area (Å²) in [7, 11) is 0. The molecule has 3 nitrogen and oxygen atoms in total. The highest BCUT2D eigenvalue weighted by Crippen LogP contribution is 2.09. The van der Waals surface area contributed by atoms with Crippen LogP contribution in [-0.2, 0) is 9.59 Å². The lowest BCUT2D eigenvalue weighted by Gasteiger charge is -1.99. The van der Waals surface area contributed by atoms with Crippen LogP contribution in [0, 0.1) is 0 Å². The number of rotatable bonds is 4. The molecule has 0 atom stereocenters. The Kier molecular flexibility index (Phi) is 3.89. The second kappa shape index (κ2) is 5.16. The van der Waals surface area contributed by atoms with E-state index in [2.05, 4.69) is 0 Å². The lowest BCUT2D eigenvalue weighted by atomic mass is 10.0. The summed E-state index contributed by atoms with van der Waals surface area (Å²) in [6.07, 6.45) is 2.27. The summed E-state index contributed by atoms with van der Waals surface area (Å²) in [4.78, 5) is 32.8. The highest BCUT2D eigenvalue weighted by Gasteiger charge is 2.08. The zero-order valence-corrected chi connectivity index (χ0v) is 9.19. The fourth-order valence-electron chi connectivity index (χ4n) is 1.29. The van der Waals surface area contributed by atoms with Crippen LogP contribution in [0.5, 0.6) is 0 Å². The first-order valence-electron chi connectivity index (χ1n) is 4.83. The molecule has 0 aliphatic rings. The Morgan fingerprint density at radius 1 is 0.938 bits per heavy atom. The summed E-state index contributed by atoms with van der Waals surface area (Å²) in [6.45, 7) is 2.71. The molecule has 0 spiro atoms. The van der Waals surface area contributed by atoms with E-state index in [-0.39, 0.29) is 17.1 Å². The van der Waals surface area contributed by atoms with E-state index in [1.807, 2.05) is 0 Å². The van der Waals surface area contributed by atoms with Crippen LogP contribution in [0.3, 0.4) is 0 Å². The monoisotopic (exact) mass is 216 g/mol. The summed E-state index contributed by atoms with van der Waals surface area (Å²) in [5.41, 5.74) is 1.45. The molecule has 0 bridgehead atoms. The predicted molar refractivity (Wildman–Crippen MR) is 61.2 cm³/mol. The van der Waals surface area contributed by atoms with Gasteiger partial charge in [0, 0.05) is 5.56 Å². The van der Waals surface area contributed by atoms with Crippen molar-refractivity contribution in [1.82, 2.24) is 0 Å². The summed E-state index contributed by atoms with van der Waals surface area (Å²) < 4.78 is 0. The molecule has 0 heterocycles. The van der Waals surface area contributed by atoms with Crippen LogP contribution in [0.2, 0.25) is 0 Å². The number of ketones is 2. The van der Waals surface area contributed by atoms with Crippen LogP contribution in [0.4, 0.5) is 0 Å². The van der Waals surface area contributed by atoms with E-state index < -0.39 is 0 Å². The Labute approximate surface area is 93.8 Å². The summed E-state index contributed by atoms with van der Waals surface area (Å²) in [5.74, 6) is -0.515. The van der Waals surface area contributed by atoms with Crippen LogP contribution in [0.1, 0.15) is 29.8 Å². The van der Waals surface area contributed by atoms with Gasteiger partial charge in [0.2, 0.25) is 0 Å². The maximum atomic E-state index is 11.2. The highest BCUT2D eigenvalue weighted by molar-refractivity contribution is 6.21. The molecule has 1 aromatic carbocycles. The molecular weight excluding hydrogens is 204 g/mol. The molecule has 82 valence electrons. The maximum absolute atomic E-state index is 11.2. The Morgan fingerprint density at radius 2 is 1.38 bits per heavy atom. The first-order chi connectivity index (χ1) is 7.54. The Balaban J connectivity index is 3.08. The highest BCUT2D eigenvalue weighted by atomic mass is 16.1. The van der Waals surface area contributed by atoms with E-state index >= 15 is 0 Å². The first kappa shape index (κ1) is 12.0. The third-order valence-electron chi connectivity index (χ3n) is 2.14. The van der Waals surface area contributed by atoms with Crippen molar-refractivity contribution in [3.8, 4) is 0 Å². The third-order valence-corrected chi connectivity index (χ3v) is 2.14. The lowest BCUT2D eigenvalue weighted by Crippen LogP contribution is -2.05. The van der Waals surface area contributed by atoms with Crippen LogP contribution < -0.4 is 0 Å². The lowest BCUT2D eigenvalue weighted by molar-refractivity contribution is -0.119. The molecule has 0 aromatic heterocycles. The number of carbonyl (C=O) groups is 3. The number of carbonyl (C=O) groups excluding carboxylic acids is 3. The molecule has 1 aromatic rings. The van der Waals surface area contributed by atoms with Crippen LogP contribution in [0.25, 0.3) is 6.08 Å². The summed E-state index contributed by atoms with van der Waals surface area (Å²) >= 11 is 0. The van der Waals surface area contributed by atoms with Crippen LogP contribution >= 0.6 is 0 Å². The number of hydrogen-bond acceptors (Lipinski definition) is 3. The number of allylic oxidation sites excluding steroid dienone is 1. The van der Waals surface area contributed by atoms with Gasteiger partial charge in [0.05, 0.1) is 5.57 Å². The topological polar surface area (TPSA) is 51.2 Å². The average molecular weight is 216 g/mol. The minimum atomic E-state index is -0.257. The maximum Gasteiger partial charge on any atom is 0.163 e. The van der Waals surface area contributed by atoms with E-state index in [0.717, 1.165) is 11.8 Å². The van der Waals surface area contributed by atoms with Gasteiger partial charge in [0.15, 0.2) is 11.6 Å². The molecule has 0 radical (unpaired) electrons. The molecule has 0 amide bonds. The second-order valence-electron chi connectivity index (χ2n) is 3.45. The molecule has 3 heteroatoms. The SMILES string of the molecule is CC(=O)C(=Cc1ccc(C=O)cc1)C(C)=O. The minimum absolute atomic E-state index is 0.166. The van der Waals surface area contributed by atoms with Gasteiger partial charge in [0.25, 0.3) is 0 Å². The van der Waals surface area contributed by atoms with E-state index in [9.17, 15) is 14.4 Å². The Hall–Kier alpha value is -2.03. The third kappa shape index (κ3) is 2.98. The molecular formula is C13H12O3. The Bertz CT molecular complexity index is 437. The van der Waals surface area contributed by atoms with Gasteiger partial charge in [-0.1, -0.05) is 24.3 Å². The standard InChI is InChI=1S/C13H12O3/c1-9(15)13(10(2)16)7-11-3-5-12(8-14)6-4-11/h3-8H,1-2H3. The molecule has 0 N–H and O–H groups in total. The fraction of sp³-hybridized carbons (Fsp3) is 0.154. The Morgan fingerprint density at radius 3 is 1.75 bits per heavy atom. The normalized spacial score (nSPS) is 9.38. The minimum Gasteiger partial charge on any atom is -0.298 e. The zero-order valence-electron chi connectivity index (χ0n) is 9.19. The van der Waals surface area contributed by atoms with Crippen molar-refractivity contribution in [2.45, 2.75) is 13.8 Å². The van der Waals surface area contributed by atoms with Gasteiger partial charge >= 0.3 is 0 Å². The van der Waals surface area contributed by atoms with Crippen molar-refractivity contribution >= 4 is 23.9 Å². The van der Waals surface area contributed by atoms with E-state index in [1.165, 1.54) is 19.9 Å². The van der Waals surface area contributed by atoms with Gasteiger partial charge in [-0.25, -0.2) is 0 Å². The van der Waals surface area contributed by atoms with Crippen molar-refractivity contribution in [2.75, 3.05) is 0 Å². The molecule has 0 saturated heterocycles. The van der Waals surface area contributed by atoms with Crippen molar-refractivity contribution in [3.63, 3.8) is 0 Å². The first-order valence-corrected chi connectivity index (χ1v) is 4.83. The molecule has 0 unspecified atom stereocenters. The van der Waals surface area contributed by atoms with Gasteiger partial charge in [-0.2, -0.15) is 0 Å². The summed E-state index contributed by atoms with van der Waals surface area (Å²) in [6, 6.07) is 6.65. The molecule has 16 heavy (non-hydrogen) atoms. The number of benzene rings is 1. The number of hydrogen-bond donors (Lipinski definition) is 0. The molecule has 1 rings (SSSR count). The van der Waals surface area contributed by atoms with Gasteiger partial charge in [-0.15, -0.1) is 0 Å². The summed E-state index contributed by atoms with van der Waals surface area (Å²) in [5, 5.41) is 0. The predicted octanol–water partition coefficient (Wildman–Crippen LogP) is 2.06. The van der Waals surface area contributed by atoms with Gasteiger partial charge < -0.3 is 0 Å². The molecule has 0 aliphatic carbocycles. The fourth-order valence-corrected chi connectivity index (χ4v) is 1.29. The average Bonchev–Trinajstić information content (AvgIpc) is 2.25. The van der Waals surface area contributed by atoms with Crippen LogP contribution in [-0.4, -0.2) is 17.9 Å². The van der Waals surface area contributed by atoms with E-state index in [4.69, 9.17) is 0 Å². The molecule has 0 saturated carbocycles. The van der Waals surface area contributed by atoms with Crippen LogP contribution in [0.15, 0.2) is 29.8 Å². The molecule has 0 fully saturated rings. The quantitative estimate of drug-likeness (QED) is 0.335. The van der Waals surface area contributed by atoms with E-state index in [1.54, 1.807) is 24.3 Å². The van der Waals surface area contributed by atoms with Gasteiger partial charge in [-0.3, -0.25) is 14.4 Å². The number of Topliss-reactive ketones (excluding diaryl/α,β-unsaturated/α-hetero) is 2. The van der Waals surface area contributed by atoms with Crippen molar-refractivity contribution in [1.29, 1.82) is 0 Å². The smallest absolute Gasteiger partial charge is 0.163 e. The van der Waals surface area contributed by atoms with Crippen molar-refractivity contribution in [2.24, 2.45) is 0 Å². The van der Waals surface area contributed by atoms with E-state index in [0.29, 0.717) is 5.56 Å². The van der Waals surface area contributed by atoms with Crippen molar-refractivity contribution in [3.05, 3.63) is 41.0 Å².